The molecule has 6 nitrogen and oxygen atoms in total. The van der Waals surface area contributed by atoms with Crippen LogP contribution in [0.3, 0.4) is 0 Å². The molecule has 2 N–H and O–H groups in total. The van der Waals surface area contributed by atoms with Crippen LogP contribution >= 0.6 is 46.4 Å². The number of carbonyl (C=O) groups is 2. The standard InChI is InChI=1S/C24H15Cl4NO5/c1-34-23-16(27)9-12(10-17(23)28)21(31)19-20(11-2-7-18(30)15(26)8-11)29(24(33)22(19)32)14-5-3-13(25)4-6-14/h2-10,20,30-31H,1H3/b21-19+. The molecule has 0 saturated carbocycles. The van der Waals surface area contributed by atoms with E-state index in [0.29, 0.717) is 16.3 Å². The number of benzene rings is 3. The van der Waals surface area contributed by atoms with Crippen LogP contribution in [0.15, 0.2) is 60.2 Å². The first-order valence-electron chi connectivity index (χ1n) is 9.72. The summed E-state index contributed by atoms with van der Waals surface area (Å²) in [6.07, 6.45) is 0. The minimum absolute atomic E-state index is 0.00901. The molecule has 174 valence electrons. The number of halogens is 4. The van der Waals surface area contributed by atoms with Crippen molar-refractivity contribution in [3.8, 4) is 11.5 Å². The SMILES string of the molecule is COc1c(Cl)cc(/C(O)=C2\C(=O)C(=O)N(c3ccc(Cl)cc3)C2c2ccc(O)c(Cl)c2)cc1Cl. The molecule has 0 spiro atoms. The lowest BCUT2D eigenvalue weighted by Crippen LogP contribution is -2.29. The molecule has 0 radical (unpaired) electrons. The van der Waals surface area contributed by atoms with Crippen LogP contribution in [0, 0.1) is 0 Å². The van der Waals surface area contributed by atoms with Crippen molar-refractivity contribution in [2.45, 2.75) is 6.04 Å². The summed E-state index contributed by atoms with van der Waals surface area (Å²) in [6.45, 7) is 0. The van der Waals surface area contributed by atoms with E-state index < -0.39 is 23.5 Å². The van der Waals surface area contributed by atoms with Crippen LogP contribution in [0.25, 0.3) is 5.76 Å². The Hall–Kier alpha value is -2.90. The highest BCUT2D eigenvalue weighted by molar-refractivity contribution is 6.52. The number of hydrogen-bond donors (Lipinski definition) is 2. The van der Waals surface area contributed by atoms with Crippen LogP contribution in [-0.4, -0.2) is 29.0 Å². The Kier molecular flexibility index (Phi) is 6.69. The molecule has 1 fully saturated rings. The minimum Gasteiger partial charge on any atom is -0.507 e. The van der Waals surface area contributed by atoms with Crippen molar-refractivity contribution in [1.82, 2.24) is 0 Å². The quantitative estimate of drug-likeness (QED) is 0.221. The van der Waals surface area contributed by atoms with Crippen LogP contribution in [0.4, 0.5) is 5.69 Å². The molecule has 0 bridgehead atoms. The third-order valence-electron chi connectivity index (χ3n) is 5.31. The molecule has 1 aliphatic heterocycles. The van der Waals surface area contributed by atoms with E-state index in [1.165, 1.54) is 42.3 Å². The van der Waals surface area contributed by atoms with Gasteiger partial charge >= 0.3 is 0 Å². The topological polar surface area (TPSA) is 87.1 Å². The zero-order chi connectivity index (χ0) is 24.7. The molecule has 3 aromatic carbocycles. The molecular formula is C24H15Cl4NO5. The van der Waals surface area contributed by atoms with Crippen molar-refractivity contribution < 1.29 is 24.5 Å². The third kappa shape index (κ3) is 4.18. The van der Waals surface area contributed by atoms with E-state index >= 15 is 0 Å². The lowest BCUT2D eigenvalue weighted by molar-refractivity contribution is -0.132. The highest BCUT2D eigenvalue weighted by atomic mass is 35.5. The predicted molar refractivity (Wildman–Crippen MR) is 132 cm³/mol. The molecule has 0 aliphatic carbocycles. The Morgan fingerprint density at radius 3 is 2.09 bits per heavy atom. The molecule has 10 heteroatoms. The zero-order valence-corrected chi connectivity index (χ0v) is 20.4. The number of methoxy groups -OCH3 is 1. The van der Waals surface area contributed by atoms with E-state index in [9.17, 15) is 19.8 Å². The van der Waals surface area contributed by atoms with Crippen molar-refractivity contribution in [2.75, 3.05) is 12.0 Å². The Balaban J connectivity index is 1.97. The second kappa shape index (κ2) is 9.39. The van der Waals surface area contributed by atoms with Crippen molar-refractivity contribution in [3.05, 3.63) is 91.4 Å². The molecule has 1 unspecified atom stereocenters. The maximum atomic E-state index is 13.2. The summed E-state index contributed by atoms with van der Waals surface area (Å²) in [4.78, 5) is 27.6. The van der Waals surface area contributed by atoms with Gasteiger partial charge in [0.1, 0.15) is 11.5 Å². The van der Waals surface area contributed by atoms with Crippen LogP contribution in [0.1, 0.15) is 17.2 Å². The number of phenolic OH excluding ortho intramolecular Hbond substituents is 1. The second-order valence-electron chi connectivity index (χ2n) is 7.33. The number of carbonyl (C=O) groups excluding carboxylic acids is 2. The number of phenols is 1. The zero-order valence-electron chi connectivity index (χ0n) is 17.4. The largest absolute Gasteiger partial charge is 0.507 e. The summed E-state index contributed by atoms with van der Waals surface area (Å²) >= 11 is 24.5. The van der Waals surface area contributed by atoms with Gasteiger partial charge in [0, 0.05) is 16.3 Å². The number of nitrogens with zero attached hydrogens (tertiary/aromatic N) is 1. The first-order valence-corrected chi connectivity index (χ1v) is 11.2. The fourth-order valence-corrected chi connectivity index (χ4v) is 4.71. The average molecular weight is 539 g/mol. The summed E-state index contributed by atoms with van der Waals surface area (Å²) in [5.74, 6) is -2.27. The van der Waals surface area contributed by atoms with Gasteiger partial charge in [0.15, 0.2) is 5.75 Å². The Morgan fingerprint density at radius 1 is 0.912 bits per heavy atom. The molecular weight excluding hydrogens is 524 g/mol. The van der Waals surface area contributed by atoms with E-state index in [1.54, 1.807) is 24.3 Å². The van der Waals surface area contributed by atoms with Gasteiger partial charge in [-0.15, -0.1) is 0 Å². The average Bonchev–Trinajstić information content (AvgIpc) is 3.06. The molecule has 1 aliphatic rings. The number of amides is 1. The van der Waals surface area contributed by atoms with Crippen molar-refractivity contribution in [3.63, 3.8) is 0 Å². The number of aliphatic hydroxyl groups excluding tert-OH is 1. The highest BCUT2D eigenvalue weighted by Gasteiger charge is 2.47. The molecule has 1 saturated heterocycles. The van der Waals surface area contributed by atoms with Crippen LogP contribution < -0.4 is 9.64 Å². The number of rotatable bonds is 4. The number of ketones is 1. The number of Topliss-reactive ketones (excluding diaryl/α,β-unsaturated/α-hetero) is 1. The number of aromatic hydroxyl groups is 1. The van der Waals surface area contributed by atoms with Crippen molar-refractivity contribution in [1.29, 1.82) is 0 Å². The van der Waals surface area contributed by atoms with Gasteiger partial charge in [-0.05, 0) is 54.1 Å². The van der Waals surface area contributed by atoms with Crippen molar-refractivity contribution >= 4 is 69.5 Å². The number of anilines is 1. The summed E-state index contributed by atoms with van der Waals surface area (Å²) in [5.41, 5.74) is 0.647. The first-order chi connectivity index (χ1) is 16.1. The third-order valence-corrected chi connectivity index (χ3v) is 6.43. The second-order valence-corrected chi connectivity index (χ2v) is 8.99. The molecule has 1 atom stereocenters. The Labute approximate surface area is 214 Å². The van der Waals surface area contributed by atoms with E-state index in [2.05, 4.69) is 0 Å². The summed E-state index contributed by atoms with van der Waals surface area (Å²) in [5, 5.41) is 21.7. The van der Waals surface area contributed by atoms with Gasteiger partial charge in [-0.1, -0.05) is 52.5 Å². The molecule has 4 rings (SSSR count). The number of ether oxygens (including phenoxy) is 1. The molecule has 34 heavy (non-hydrogen) atoms. The summed E-state index contributed by atoms with van der Waals surface area (Å²) < 4.78 is 5.13. The Bertz CT molecular complexity index is 1330. The fraction of sp³-hybridized carbons (Fsp3) is 0.0833. The minimum atomic E-state index is -1.07. The van der Waals surface area contributed by atoms with Crippen molar-refractivity contribution in [2.24, 2.45) is 0 Å². The monoisotopic (exact) mass is 537 g/mol. The fourth-order valence-electron chi connectivity index (χ4n) is 3.76. The Morgan fingerprint density at radius 2 is 1.53 bits per heavy atom. The first kappa shape index (κ1) is 24.2. The van der Waals surface area contributed by atoms with Crippen LogP contribution in [-0.2, 0) is 9.59 Å². The smallest absolute Gasteiger partial charge is 0.300 e. The summed E-state index contributed by atoms with van der Waals surface area (Å²) in [7, 11) is 1.39. The van der Waals surface area contributed by atoms with E-state index in [4.69, 9.17) is 51.1 Å². The predicted octanol–water partition coefficient (Wildman–Crippen LogP) is 6.64. The molecule has 3 aromatic rings. The van der Waals surface area contributed by atoms with Gasteiger partial charge in [-0.2, -0.15) is 0 Å². The van der Waals surface area contributed by atoms with E-state index in [1.807, 2.05) is 0 Å². The highest BCUT2D eigenvalue weighted by Crippen LogP contribution is 2.45. The van der Waals surface area contributed by atoms with E-state index in [0.717, 1.165) is 0 Å². The lowest BCUT2D eigenvalue weighted by atomic mass is 9.95. The molecule has 0 aromatic heterocycles. The van der Waals surface area contributed by atoms with Gasteiger partial charge in [0.25, 0.3) is 11.7 Å². The number of hydrogen-bond acceptors (Lipinski definition) is 5. The molecule has 1 amide bonds. The summed E-state index contributed by atoms with van der Waals surface area (Å²) in [6, 6.07) is 12.2. The lowest BCUT2D eigenvalue weighted by Gasteiger charge is -2.25. The normalized spacial score (nSPS) is 17.3. The van der Waals surface area contributed by atoms with Gasteiger partial charge < -0.3 is 14.9 Å². The maximum Gasteiger partial charge on any atom is 0.300 e. The maximum absolute atomic E-state index is 13.2. The van der Waals surface area contributed by atoms with Gasteiger partial charge in [0.05, 0.1) is 33.8 Å². The van der Waals surface area contributed by atoms with Gasteiger partial charge in [0.2, 0.25) is 0 Å². The molecule has 1 heterocycles. The van der Waals surface area contributed by atoms with Gasteiger partial charge in [-0.25, -0.2) is 0 Å². The van der Waals surface area contributed by atoms with Crippen LogP contribution in [0.2, 0.25) is 20.1 Å². The van der Waals surface area contributed by atoms with Crippen LogP contribution in [0.5, 0.6) is 11.5 Å². The number of aliphatic hydroxyl groups is 1. The van der Waals surface area contributed by atoms with Gasteiger partial charge in [-0.3, -0.25) is 14.5 Å². The van der Waals surface area contributed by atoms with E-state index in [-0.39, 0.29) is 37.7 Å².